The van der Waals surface area contributed by atoms with E-state index < -0.39 is 28.4 Å². The van der Waals surface area contributed by atoms with Crippen molar-refractivity contribution in [2.75, 3.05) is 46.8 Å². The van der Waals surface area contributed by atoms with Gasteiger partial charge >= 0.3 is 5.97 Å². The summed E-state index contributed by atoms with van der Waals surface area (Å²) < 4.78 is 47.4. The number of likely N-dealkylation sites (N-methyl/N-ethyl adjacent to an activating group) is 1. The highest BCUT2D eigenvalue weighted by Gasteiger charge is 2.25. The fourth-order valence-electron chi connectivity index (χ4n) is 3.02. The zero-order valence-electron chi connectivity index (χ0n) is 19.4. The number of hydrogen-bond donors (Lipinski definition) is 1. The van der Waals surface area contributed by atoms with E-state index in [4.69, 9.17) is 18.9 Å². The molecule has 0 saturated heterocycles. The first-order valence-electron chi connectivity index (χ1n) is 9.93. The van der Waals surface area contributed by atoms with Crippen LogP contribution in [-0.4, -0.2) is 66.1 Å². The number of aryl methyl sites for hydroxylation is 1. The number of carbonyl (C=O) groups is 2. The molecule has 2 rings (SSSR count). The first-order valence-corrected chi connectivity index (χ1v) is 11.4. The van der Waals surface area contributed by atoms with Gasteiger partial charge in [-0.05, 0) is 37.6 Å². The molecule has 2 aromatic rings. The summed E-state index contributed by atoms with van der Waals surface area (Å²) in [6.45, 7) is 3.53. The maximum atomic E-state index is 12.9. The van der Waals surface area contributed by atoms with Crippen molar-refractivity contribution in [2.24, 2.45) is 0 Å². The number of sulfonamides is 1. The number of carbonyl (C=O) groups excluding carboxylic acids is 2. The Balaban J connectivity index is 2.26. The largest absolute Gasteiger partial charge is 0.494 e. The second kappa shape index (κ2) is 11.0. The number of nitrogens with one attached hydrogen (secondary N) is 1. The van der Waals surface area contributed by atoms with Gasteiger partial charge in [0.15, 0.2) is 11.5 Å². The highest BCUT2D eigenvalue weighted by Crippen LogP contribution is 2.34. The van der Waals surface area contributed by atoms with Gasteiger partial charge < -0.3 is 24.3 Å². The molecule has 2 aromatic carbocycles. The smallest absolute Gasteiger partial charge is 0.340 e. The molecule has 0 unspecified atom stereocenters. The summed E-state index contributed by atoms with van der Waals surface area (Å²) in [4.78, 5) is 24.9. The van der Waals surface area contributed by atoms with Crippen LogP contribution >= 0.6 is 0 Å². The molecule has 0 bridgehead atoms. The maximum Gasteiger partial charge on any atom is 0.340 e. The van der Waals surface area contributed by atoms with Gasteiger partial charge in [-0.3, -0.25) is 4.79 Å². The van der Waals surface area contributed by atoms with Gasteiger partial charge in [0.2, 0.25) is 15.9 Å². The lowest BCUT2D eigenvalue weighted by atomic mass is 10.1. The number of rotatable bonds is 10. The van der Waals surface area contributed by atoms with E-state index in [0.29, 0.717) is 17.9 Å². The molecule has 0 atom stereocenters. The van der Waals surface area contributed by atoms with Crippen LogP contribution in [0.2, 0.25) is 0 Å². The minimum atomic E-state index is -3.95. The Morgan fingerprint density at radius 3 is 2.18 bits per heavy atom. The molecule has 10 nitrogen and oxygen atoms in total. The lowest BCUT2D eigenvalue weighted by molar-refractivity contribution is -0.116. The van der Waals surface area contributed by atoms with Gasteiger partial charge in [-0.2, -0.15) is 4.31 Å². The zero-order chi connectivity index (χ0) is 24.8. The van der Waals surface area contributed by atoms with Gasteiger partial charge in [0.25, 0.3) is 0 Å². The number of benzene rings is 2. The summed E-state index contributed by atoms with van der Waals surface area (Å²) in [6.07, 6.45) is 0. The fourth-order valence-corrected chi connectivity index (χ4v) is 4.23. The third-order valence-corrected chi connectivity index (χ3v) is 6.52. The lowest BCUT2D eigenvalue weighted by Crippen LogP contribution is -2.35. The normalized spacial score (nSPS) is 11.1. The standard InChI is InChI=1S/C22H28N2O8S/c1-7-32-18-9-8-15(10-14(18)2)33(27,28)24(3)13-21(25)23-17-12-20(30-5)19(29-4)11-16(17)22(26)31-6/h8-12H,7,13H2,1-6H3,(H,23,25). The second-order valence-corrected chi connectivity index (χ2v) is 8.96. The van der Waals surface area contributed by atoms with E-state index in [2.05, 4.69) is 5.32 Å². The van der Waals surface area contributed by atoms with E-state index in [1.807, 2.05) is 6.92 Å². The molecule has 1 amide bonds. The summed E-state index contributed by atoms with van der Waals surface area (Å²) in [5.74, 6) is -0.258. The van der Waals surface area contributed by atoms with Crippen molar-refractivity contribution in [2.45, 2.75) is 18.7 Å². The van der Waals surface area contributed by atoms with Gasteiger partial charge in [-0.15, -0.1) is 0 Å². The van der Waals surface area contributed by atoms with Crippen molar-refractivity contribution >= 4 is 27.6 Å². The van der Waals surface area contributed by atoms with Crippen molar-refractivity contribution in [1.82, 2.24) is 4.31 Å². The molecule has 0 heterocycles. The summed E-state index contributed by atoms with van der Waals surface area (Å²) in [7, 11) is 1.34. The van der Waals surface area contributed by atoms with Crippen molar-refractivity contribution < 1.29 is 37.0 Å². The predicted octanol–water partition coefficient (Wildman–Crippen LogP) is 2.46. The van der Waals surface area contributed by atoms with Crippen LogP contribution in [0, 0.1) is 6.92 Å². The number of ether oxygens (including phenoxy) is 4. The van der Waals surface area contributed by atoms with Crippen LogP contribution in [-0.2, 0) is 19.6 Å². The highest BCUT2D eigenvalue weighted by molar-refractivity contribution is 7.89. The van der Waals surface area contributed by atoms with E-state index >= 15 is 0 Å². The molecule has 0 fully saturated rings. The minimum absolute atomic E-state index is 0.0242. The molecule has 11 heteroatoms. The summed E-state index contributed by atoms with van der Waals surface area (Å²) >= 11 is 0. The van der Waals surface area contributed by atoms with E-state index in [0.717, 1.165) is 4.31 Å². The van der Waals surface area contributed by atoms with Gasteiger partial charge in [0.05, 0.1) is 50.6 Å². The van der Waals surface area contributed by atoms with Crippen molar-refractivity contribution in [3.8, 4) is 17.2 Å². The molecular weight excluding hydrogens is 452 g/mol. The monoisotopic (exact) mass is 480 g/mol. The number of anilines is 1. The summed E-state index contributed by atoms with van der Waals surface area (Å²) in [5.41, 5.74) is 0.771. The Hall–Kier alpha value is -3.31. The van der Waals surface area contributed by atoms with Crippen LogP contribution < -0.4 is 19.5 Å². The first-order chi connectivity index (χ1) is 15.6. The molecule has 0 aliphatic heterocycles. The lowest BCUT2D eigenvalue weighted by Gasteiger charge is -2.19. The van der Waals surface area contributed by atoms with Gasteiger partial charge in [0.1, 0.15) is 5.75 Å². The summed E-state index contributed by atoms with van der Waals surface area (Å²) in [6, 6.07) is 7.24. The topological polar surface area (TPSA) is 120 Å². The quantitative estimate of drug-likeness (QED) is 0.515. The first kappa shape index (κ1) is 25.9. The van der Waals surface area contributed by atoms with Crippen LogP contribution in [0.1, 0.15) is 22.8 Å². The number of amides is 1. The Morgan fingerprint density at radius 1 is 1.00 bits per heavy atom. The number of methoxy groups -OCH3 is 3. The molecule has 1 N–H and O–H groups in total. The number of hydrogen-bond acceptors (Lipinski definition) is 8. The average Bonchev–Trinajstić information content (AvgIpc) is 2.79. The Bertz CT molecular complexity index is 1130. The Labute approximate surface area is 193 Å². The number of esters is 1. The molecule has 0 aromatic heterocycles. The van der Waals surface area contributed by atoms with Gasteiger partial charge in [-0.25, -0.2) is 13.2 Å². The van der Waals surface area contributed by atoms with Gasteiger partial charge in [-0.1, -0.05) is 0 Å². The van der Waals surface area contributed by atoms with Gasteiger partial charge in [0, 0.05) is 19.2 Å². The van der Waals surface area contributed by atoms with Crippen LogP contribution in [0.25, 0.3) is 0 Å². The summed E-state index contributed by atoms with van der Waals surface area (Å²) in [5, 5.41) is 2.54. The van der Waals surface area contributed by atoms with Crippen LogP contribution in [0.15, 0.2) is 35.2 Å². The maximum absolute atomic E-state index is 12.9. The Kier molecular flexibility index (Phi) is 8.66. The predicted molar refractivity (Wildman–Crippen MR) is 122 cm³/mol. The SMILES string of the molecule is CCOc1ccc(S(=O)(=O)N(C)CC(=O)Nc2cc(OC)c(OC)cc2C(=O)OC)cc1C. The second-order valence-electron chi connectivity index (χ2n) is 6.91. The van der Waals surface area contributed by atoms with E-state index in [-0.39, 0.29) is 27.6 Å². The van der Waals surface area contributed by atoms with E-state index in [1.165, 1.54) is 52.6 Å². The number of nitrogens with zero attached hydrogens (tertiary/aromatic N) is 1. The molecule has 0 aliphatic rings. The average molecular weight is 481 g/mol. The zero-order valence-corrected chi connectivity index (χ0v) is 20.2. The fraction of sp³-hybridized carbons (Fsp3) is 0.364. The Morgan fingerprint density at radius 2 is 1.64 bits per heavy atom. The molecule has 0 spiro atoms. The molecule has 0 saturated carbocycles. The molecule has 0 aliphatic carbocycles. The van der Waals surface area contributed by atoms with E-state index in [9.17, 15) is 18.0 Å². The molecule has 33 heavy (non-hydrogen) atoms. The third kappa shape index (κ3) is 5.93. The van der Waals surface area contributed by atoms with E-state index in [1.54, 1.807) is 13.0 Å². The molecular formula is C22H28N2O8S. The molecule has 0 radical (unpaired) electrons. The van der Waals surface area contributed by atoms with Crippen molar-refractivity contribution in [3.05, 3.63) is 41.5 Å². The molecule has 180 valence electrons. The highest BCUT2D eigenvalue weighted by atomic mass is 32.2. The minimum Gasteiger partial charge on any atom is -0.494 e. The third-order valence-electron chi connectivity index (χ3n) is 4.72. The van der Waals surface area contributed by atoms with Crippen LogP contribution in [0.4, 0.5) is 5.69 Å². The van der Waals surface area contributed by atoms with Crippen LogP contribution in [0.5, 0.6) is 17.2 Å². The van der Waals surface area contributed by atoms with Crippen LogP contribution in [0.3, 0.4) is 0 Å². The van der Waals surface area contributed by atoms with Crippen molar-refractivity contribution in [1.29, 1.82) is 0 Å². The van der Waals surface area contributed by atoms with Crippen molar-refractivity contribution in [3.63, 3.8) is 0 Å².